The molecule has 0 atom stereocenters. The Balaban J connectivity index is 2.77. The quantitative estimate of drug-likeness (QED) is 0.552. The second-order valence-electron chi connectivity index (χ2n) is 3.51. The lowest BCUT2D eigenvalue weighted by Crippen LogP contribution is -2.27. The Morgan fingerprint density at radius 2 is 2.26 bits per heavy atom. The molecule has 1 aromatic heterocycles. The van der Waals surface area contributed by atoms with Gasteiger partial charge in [0.05, 0.1) is 13.2 Å². The molecule has 7 heteroatoms. The number of nitrogens with one attached hydrogen (secondary N) is 1. The summed E-state index contributed by atoms with van der Waals surface area (Å²) >= 11 is 0. The average Bonchev–Trinajstić information content (AvgIpc) is 2.42. The van der Waals surface area contributed by atoms with E-state index in [0.29, 0.717) is 18.8 Å². The van der Waals surface area contributed by atoms with Crippen molar-refractivity contribution >= 4 is 10.0 Å². The fraction of sp³-hybridized carbons (Fsp3) is 0.417. The number of nitrogens with zero attached hydrogens (tertiary/aromatic N) is 1. The van der Waals surface area contributed by atoms with Crippen LogP contribution in [0, 0.1) is 11.8 Å². The Kier molecular flexibility index (Phi) is 6.45. The molecule has 6 nitrogen and oxygen atoms in total. The summed E-state index contributed by atoms with van der Waals surface area (Å²) in [6.45, 7) is 3.15. The Bertz CT molecular complexity index is 561. The molecule has 104 valence electrons. The molecule has 0 unspecified atom stereocenters. The first-order valence-corrected chi connectivity index (χ1v) is 7.30. The van der Waals surface area contributed by atoms with E-state index in [4.69, 9.17) is 10.5 Å². The molecule has 0 fully saturated rings. The van der Waals surface area contributed by atoms with E-state index in [1.54, 1.807) is 0 Å². The van der Waals surface area contributed by atoms with Crippen LogP contribution in [0.2, 0.25) is 0 Å². The van der Waals surface area contributed by atoms with Gasteiger partial charge in [-0.25, -0.2) is 13.1 Å². The summed E-state index contributed by atoms with van der Waals surface area (Å²) in [5.74, 6) is 5.38. The molecule has 19 heavy (non-hydrogen) atoms. The smallest absolute Gasteiger partial charge is 0.242 e. The molecule has 0 bridgehead atoms. The summed E-state index contributed by atoms with van der Waals surface area (Å²) in [5, 5.41) is 0. The van der Waals surface area contributed by atoms with Crippen molar-refractivity contribution in [3.8, 4) is 11.8 Å². The molecule has 3 N–H and O–H groups in total. The number of pyridine rings is 1. The highest BCUT2D eigenvalue weighted by atomic mass is 32.2. The summed E-state index contributed by atoms with van der Waals surface area (Å²) in [7, 11) is -3.58. The van der Waals surface area contributed by atoms with E-state index < -0.39 is 10.0 Å². The second-order valence-corrected chi connectivity index (χ2v) is 5.28. The number of hydrogen-bond acceptors (Lipinski definition) is 5. The first kappa shape index (κ1) is 15.6. The molecule has 0 aliphatic carbocycles. The molecule has 0 saturated carbocycles. The zero-order valence-electron chi connectivity index (χ0n) is 10.7. The van der Waals surface area contributed by atoms with Crippen molar-refractivity contribution < 1.29 is 13.2 Å². The molecule has 0 spiro atoms. The summed E-state index contributed by atoms with van der Waals surface area (Å²) in [5.41, 5.74) is 5.77. The normalized spacial score (nSPS) is 10.8. The van der Waals surface area contributed by atoms with Crippen LogP contribution < -0.4 is 10.5 Å². The highest BCUT2D eigenvalue weighted by Gasteiger charge is 2.13. The van der Waals surface area contributed by atoms with E-state index in [1.807, 2.05) is 6.92 Å². The third-order valence-electron chi connectivity index (χ3n) is 2.10. The molecule has 0 aromatic carbocycles. The maximum atomic E-state index is 11.9. The maximum Gasteiger partial charge on any atom is 0.242 e. The van der Waals surface area contributed by atoms with Gasteiger partial charge in [0.1, 0.15) is 4.90 Å². The molecule has 1 heterocycles. The van der Waals surface area contributed by atoms with Gasteiger partial charge in [0.25, 0.3) is 0 Å². The number of sulfonamides is 1. The number of ether oxygens (including phenoxy) is 1. The van der Waals surface area contributed by atoms with Crippen LogP contribution in [0.25, 0.3) is 0 Å². The van der Waals surface area contributed by atoms with Gasteiger partial charge in [-0.15, -0.1) is 0 Å². The minimum Gasteiger partial charge on any atom is -0.380 e. The number of aromatic nitrogens is 1. The van der Waals surface area contributed by atoms with Gasteiger partial charge in [0.2, 0.25) is 10.0 Å². The first-order valence-electron chi connectivity index (χ1n) is 5.81. The molecule has 0 aliphatic rings. The van der Waals surface area contributed by atoms with Gasteiger partial charge in [-0.3, -0.25) is 4.98 Å². The zero-order chi connectivity index (χ0) is 14.1. The topological polar surface area (TPSA) is 94.3 Å². The third-order valence-corrected chi connectivity index (χ3v) is 3.53. The van der Waals surface area contributed by atoms with E-state index in [0.717, 1.165) is 0 Å². The van der Waals surface area contributed by atoms with Gasteiger partial charge in [0.15, 0.2) is 0 Å². The third kappa shape index (κ3) is 5.36. The Morgan fingerprint density at radius 3 is 2.95 bits per heavy atom. The lowest BCUT2D eigenvalue weighted by atomic mass is 10.3. The maximum absolute atomic E-state index is 11.9. The van der Waals surface area contributed by atoms with Crippen LogP contribution in [0.5, 0.6) is 0 Å². The van der Waals surface area contributed by atoms with Gasteiger partial charge >= 0.3 is 0 Å². The van der Waals surface area contributed by atoms with Gasteiger partial charge in [-0.05, 0) is 13.0 Å². The van der Waals surface area contributed by atoms with Crippen LogP contribution in [-0.2, 0) is 14.8 Å². The fourth-order valence-corrected chi connectivity index (χ4v) is 2.26. The minimum absolute atomic E-state index is 0.0767. The van der Waals surface area contributed by atoms with E-state index in [-0.39, 0.29) is 18.0 Å². The highest BCUT2D eigenvalue weighted by Crippen LogP contribution is 2.08. The Hall–Kier alpha value is -1.46. The summed E-state index contributed by atoms with van der Waals surface area (Å²) < 4.78 is 31.4. The molecule has 1 aromatic rings. The van der Waals surface area contributed by atoms with E-state index in [1.165, 1.54) is 18.5 Å². The molecule has 0 amide bonds. The predicted molar refractivity (Wildman–Crippen MR) is 71.9 cm³/mol. The first-order chi connectivity index (χ1) is 9.10. The molecule has 1 rings (SSSR count). The zero-order valence-corrected chi connectivity index (χ0v) is 11.5. The number of hydrogen-bond donors (Lipinski definition) is 2. The summed E-state index contributed by atoms with van der Waals surface area (Å²) in [6.07, 6.45) is 2.76. The van der Waals surface area contributed by atoms with Crippen molar-refractivity contribution in [3.63, 3.8) is 0 Å². The van der Waals surface area contributed by atoms with Crippen LogP contribution in [0.15, 0.2) is 23.4 Å². The van der Waals surface area contributed by atoms with Gasteiger partial charge in [-0.1, -0.05) is 11.8 Å². The molecule has 0 saturated heterocycles. The van der Waals surface area contributed by atoms with Crippen LogP contribution >= 0.6 is 0 Å². The van der Waals surface area contributed by atoms with Gasteiger partial charge < -0.3 is 10.5 Å². The van der Waals surface area contributed by atoms with Crippen molar-refractivity contribution in [3.05, 3.63) is 24.0 Å². The van der Waals surface area contributed by atoms with Crippen molar-refractivity contribution in [2.75, 3.05) is 26.3 Å². The summed E-state index contributed by atoms with van der Waals surface area (Å²) in [4.78, 5) is 3.93. The largest absolute Gasteiger partial charge is 0.380 e. The van der Waals surface area contributed by atoms with Crippen molar-refractivity contribution in [1.29, 1.82) is 0 Å². The van der Waals surface area contributed by atoms with Crippen molar-refractivity contribution in [1.82, 2.24) is 9.71 Å². The second kappa shape index (κ2) is 7.86. The SMILES string of the molecule is CCOCCNS(=O)(=O)c1cncc(C#CCN)c1. The number of rotatable bonds is 6. The van der Waals surface area contributed by atoms with E-state index in [2.05, 4.69) is 21.5 Å². The summed E-state index contributed by atoms with van der Waals surface area (Å²) in [6, 6.07) is 1.46. The average molecular weight is 283 g/mol. The number of nitrogens with two attached hydrogens (primary N) is 1. The molecular weight excluding hydrogens is 266 g/mol. The minimum atomic E-state index is -3.58. The van der Waals surface area contributed by atoms with Gasteiger partial charge in [0, 0.05) is 31.1 Å². The van der Waals surface area contributed by atoms with Crippen LogP contribution in [0.3, 0.4) is 0 Å². The van der Waals surface area contributed by atoms with Gasteiger partial charge in [-0.2, -0.15) is 0 Å². The van der Waals surface area contributed by atoms with Crippen LogP contribution in [0.4, 0.5) is 0 Å². The van der Waals surface area contributed by atoms with E-state index >= 15 is 0 Å². The predicted octanol–water partition coefficient (Wildman–Crippen LogP) is -0.293. The standard InChI is InChI=1S/C12H17N3O3S/c1-2-18-7-6-15-19(16,17)12-8-11(4-3-5-13)9-14-10-12/h8-10,15H,2,5-7,13H2,1H3. The molecular formula is C12H17N3O3S. The molecule has 0 radical (unpaired) electrons. The lowest BCUT2D eigenvalue weighted by molar-refractivity contribution is 0.153. The lowest BCUT2D eigenvalue weighted by Gasteiger charge is -2.06. The van der Waals surface area contributed by atoms with E-state index in [9.17, 15) is 8.42 Å². The monoisotopic (exact) mass is 283 g/mol. The Morgan fingerprint density at radius 1 is 1.47 bits per heavy atom. The Labute approximate surface area is 113 Å². The molecule has 0 aliphatic heterocycles. The van der Waals surface area contributed by atoms with Crippen molar-refractivity contribution in [2.24, 2.45) is 5.73 Å². The highest BCUT2D eigenvalue weighted by molar-refractivity contribution is 7.89. The van der Waals surface area contributed by atoms with Crippen LogP contribution in [-0.4, -0.2) is 39.7 Å². The van der Waals surface area contributed by atoms with Crippen LogP contribution in [0.1, 0.15) is 12.5 Å². The fourth-order valence-electron chi connectivity index (χ4n) is 1.26. The van der Waals surface area contributed by atoms with Crippen molar-refractivity contribution in [2.45, 2.75) is 11.8 Å².